The van der Waals surface area contributed by atoms with Gasteiger partial charge in [0.05, 0.1) is 68.2 Å². The van der Waals surface area contributed by atoms with Gasteiger partial charge in [-0.15, -0.1) is 5.10 Å². The Balaban J connectivity index is 1.21. The molecule has 2 fully saturated rings. The third kappa shape index (κ3) is 4.28. The minimum atomic E-state index is -0.540. The summed E-state index contributed by atoms with van der Waals surface area (Å²) in [6.07, 6.45) is 2.06. The fourth-order valence-electron chi connectivity index (χ4n) is 4.71. The van der Waals surface area contributed by atoms with E-state index in [1.807, 2.05) is 4.90 Å². The van der Waals surface area contributed by atoms with E-state index in [-0.39, 0.29) is 31.8 Å². The van der Waals surface area contributed by atoms with E-state index in [1.54, 1.807) is 28.0 Å². The number of hydrogen-bond acceptors (Lipinski definition) is 10. The molecule has 13 heteroatoms. The van der Waals surface area contributed by atoms with Gasteiger partial charge in [-0.3, -0.25) is 9.91 Å². The second-order valence-corrected chi connectivity index (χ2v) is 8.67. The summed E-state index contributed by atoms with van der Waals surface area (Å²) >= 11 is 0. The van der Waals surface area contributed by atoms with Gasteiger partial charge in [0, 0.05) is 13.1 Å². The summed E-state index contributed by atoms with van der Waals surface area (Å²) in [4.78, 5) is 15.8. The maximum absolute atomic E-state index is 15.1. The molecule has 1 unspecified atom stereocenters. The first kappa shape index (κ1) is 22.5. The van der Waals surface area contributed by atoms with E-state index in [0.29, 0.717) is 43.2 Å². The summed E-state index contributed by atoms with van der Waals surface area (Å²) in [6.45, 7) is 2.06. The zero-order valence-corrected chi connectivity index (χ0v) is 18.6. The summed E-state index contributed by atoms with van der Waals surface area (Å²) in [5.41, 5.74) is 1.58. The average molecular weight is 474 g/mol. The maximum atomic E-state index is 15.1. The highest BCUT2D eigenvalue weighted by atomic mass is 19.1. The van der Waals surface area contributed by atoms with Crippen LogP contribution in [-0.2, 0) is 11.3 Å². The van der Waals surface area contributed by atoms with Crippen LogP contribution in [0.1, 0.15) is 24.6 Å². The SMILES string of the molecule is O=C1O[C@@H](CN2N=NCC2CO)CN1c1ccc(N2CCC(n3nncc3CO)CC2)c(F)c1. The molecule has 5 rings (SSSR count). The zero-order chi connectivity index (χ0) is 23.7. The first-order valence-electron chi connectivity index (χ1n) is 11.3. The molecule has 0 bridgehead atoms. The third-order valence-corrected chi connectivity index (χ3v) is 6.57. The van der Waals surface area contributed by atoms with Crippen LogP contribution in [0.3, 0.4) is 0 Å². The van der Waals surface area contributed by atoms with Gasteiger partial charge in [0.15, 0.2) is 0 Å². The van der Waals surface area contributed by atoms with Crippen molar-refractivity contribution in [3.05, 3.63) is 35.9 Å². The molecule has 3 aliphatic rings. The van der Waals surface area contributed by atoms with Crippen molar-refractivity contribution in [2.75, 3.05) is 49.1 Å². The number of aliphatic hydroxyl groups excluding tert-OH is 2. The number of carbonyl (C=O) groups is 1. The molecule has 2 aromatic rings. The number of ether oxygens (including phenoxy) is 1. The summed E-state index contributed by atoms with van der Waals surface area (Å²) in [5, 5.41) is 36.3. The van der Waals surface area contributed by atoms with Gasteiger partial charge >= 0.3 is 6.09 Å². The molecule has 2 N–H and O–H groups in total. The van der Waals surface area contributed by atoms with E-state index >= 15 is 4.39 Å². The summed E-state index contributed by atoms with van der Waals surface area (Å²) in [6, 6.07) is 4.67. The molecule has 2 atom stereocenters. The molecule has 0 saturated carbocycles. The number of carbonyl (C=O) groups excluding carboxylic acids is 1. The van der Waals surface area contributed by atoms with Crippen LogP contribution in [0.5, 0.6) is 0 Å². The van der Waals surface area contributed by atoms with Crippen molar-refractivity contribution < 1.29 is 24.1 Å². The predicted octanol–water partition coefficient (Wildman–Crippen LogP) is 1.12. The summed E-state index contributed by atoms with van der Waals surface area (Å²) in [5.74, 6) is -0.405. The molecule has 0 spiro atoms. The van der Waals surface area contributed by atoms with Gasteiger partial charge < -0.3 is 19.8 Å². The normalized spacial score (nSPS) is 23.3. The van der Waals surface area contributed by atoms with Crippen LogP contribution in [-0.4, -0.2) is 87.8 Å². The van der Waals surface area contributed by atoms with Gasteiger partial charge in [0.1, 0.15) is 11.9 Å². The molecular formula is C21H27FN8O4. The predicted molar refractivity (Wildman–Crippen MR) is 118 cm³/mol. The minimum Gasteiger partial charge on any atom is -0.442 e. The van der Waals surface area contributed by atoms with Crippen molar-refractivity contribution >= 4 is 17.5 Å². The van der Waals surface area contributed by atoms with Gasteiger partial charge in [0.2, 0.25) is 0 Å². The van der Waals surface area contributed by atoms with Crippen molar-refractivity contribution in [1.82, 2.24) is 20.0 Å². The van der Waals surface area contributed by atoms with Gasteiger partial charge in [-0.1, -0.05) is 10.4 Å². The lowest BCUT2D eigenvalue weighted by Gasteiger charge is -2.34. The van der Waals surface area contributed by atoms with Crippen molar-refractivity contribution in [1.29, 1.82) is 0 Å². The first-order valence-corrected chi connectivity index (χ1v) is 11.3. The molecule has 2 saturated heterocycles. The van der Waals surface area contributed by atoms with Crippen molar-refractivity contribution in [2.24, 2.45) is 10.3 Å². The van der Waals surface area contributed by atoms with Crippen molar-refractivity contribution in [3.8, 4) is 0 Å². The van der Waals surface area contributed by atoms with E-state index < -0.39 is 18.0 Å². The van der Waals surface area contributed by atoms with Crippen LogP contribution >= 0.6 is 0 Å². The van der Waals surface area contributed by atoms with Crippen LogP contribution in [0.4, 0.5) is 20.6 Å². The molecule has 34 heavy (non-hydrogen) atoms. The number of cyclic esters (lactones) is 1. The van der Waals surface area contributed by atoms with Crippen LogP contribution in [0.15, 0.2) is 34.7 Å². The van der Waals surface area contributed by atoms with Crippen LogP contribution in [0.25, 0.3) is 0 Å². The minimum absolute atomic E-state index is 0.0806. The van der Waals surface area contributed by atoms with E-state index in [0.717, 1.165) is 12.8 Å². The third-order valence-electron chi connectivity index (χ3n) is 6.57. The number of benzene rings is 1. The number of aliphatic hydroxyl groups is 2. The average Bonchev–Trinajstić information content (AvgIpc) is 3.59. The Labute approximate surface area is 195 Å². The standard InChI is InChI=1S/C21H27FN8O4/c22-19-7-15(28-10-18(34-21(28)33)11-29-16(12-31)8-23-25-29)1-2-20(19)27-5-3-14(4-6-27)30-17(13-32)9-24-26-30/h1-2,7,9,14,16,18,31-32H,3-6,8,10-13H2/t16?,18-/m1/s1. The molecular weight excluding hydrogens is 447 g/mol. The Morgan fingerprint density at radius 1 is 1.21 bits per heavy atom. The molecule has 0 aliphatic carbocycles. The number of nitrogens with zero attached hydrogens (tertiary/aromatic N) is 8. The summed E-state index contributed by atoms with van der Waals surface area (Å²) in [7, 11) is 0. The Hall–Kier alpha value is -3.32. The van der Waals surface area contributed by atoms with Crippen LogP contribution in [0, 0.1) is 5.82 Å². The largest absolute Gasteiger partial charge is 0.442 e. The lowest BCUT2D eigenvalue weighted by atomic mass is 10.0. The van der Waals surface area contributed by atoms with Crippen molar-refractivity contribution in [2.45, 2.75) is 37.6 Å². The molecule has 0 radical (unpaired) electrons. The van der Waals surface area contributed by atoms with Crippen LogP contribution in [0.2, 0.25) is 0 Å². The number of anilines is 2. The second-order valence-electron chi connectivity index (χ2n) is 8.67. The van der Waals surface area contributed by atoms with Crippen molar-refractivity contribution in [3.63, 3.8) is 0 Å². The number of halogens is 1. The number of aromatic nitrogens is 3. The summed E-state index contributed by atoms with van der Waals surface area (Å²) < 4.78 is 22.3. The molecule has 3 aliphatic heterocycles. The highest BCUT2D eigenvalue weighted by Crippen LogP contribution is 2.32. The highest BCUT2D eigenvalue weighted by Gasteiger charge is 2.36. The number of rotatable bonds is 7. The molecule has 182 valence electrons. The monoisotopic (exact) mass is 474 g/mol. The lowest BCUT2D eigenvalue weighted by Crippen LogP contribution is -2.39. The number of amides is 1. The van der Waals surface area contributed by atoms with Gasteiger partial charge in [-0.25, -0.2) is 13.9 Å². The smallest absolute Gasteiger partial charge is 0.414 e. The number of hydrogen-bond donors (Lipinski definition) is 2. The Morgan fingerprint density at radius 3 is 2.76 bits per heavy atom. The fourth-order valence-corrected chi connectivity index (χ4v) is 4.71. The van der Waals surface area contributed by atoms with E-state index in [9.17, 15) is 15.0 Å². The lowest BCUT2D eigenvalue weighted by molar-refractivity contribution is 0.0828. The molecule has 1 aromatic carbocycles. The second kappa shape index (κ2) is 9.50. The Kier molecular flexibility index (Phi) is 6.28. The molecule has 1 amide bonds. The molecule has 4 heterocycles. The molecule has 1 aromatic heterocycles. The molecule has 12 nitrogen and oxygen atoms in total. The maximum Gasteiger partial charge on any atom is 0.414 e. The van der Waals surface area contributed by atoms with Gasteiger partial charge in [0.25, 0.3) is 0 Å². The highest BCUT2D eigenvalue weighted by molar-refractivity contribution is 5.90. The van der Waals surface area contributed by atoms with Gasteiger partial charge in [-0.05, 0) is 31.0 Å². The Bertz CT molecular complexity index is 1060. The van der Waals surface area contributed by atoms with E-state index in [1.165, 1.54) is 11.0 Å². The topological polar surface area (TPSA) is 132 Å². The number of piperidine rings is 1. The van der Waals surface area contributed by atoms with E-state index in [4.69, 9.17) is 4.74 Å². The fraction of sp³-hybridized carbons (Fsp3) is 0.571. The van der Waals surface area contributed by atoms with Gasteiger partial charge in [-0.2, -0.15) is 5.11 Å². The first-order chi connectivity index (χ1) is 16.6. The Morgan fingerprint density at radius 2 is 2.03 bits per heavy atom. The quantitative estimate of drug-likeness (QED) is 0.610. The van der Waals surface area contributed by atoms with Crippen LogP contribution < -0.4 is 9.80 Å². The zero-order valence-electron chi connectivity index (χ0n) is 18.6. The van der Waals surface area contributed by atoms with E-state index in [2.05, 4.69) is 20.6 Å².